The highest BCUT2D eigenvalue weighted by atomic mass is 32.2. The maximum absolute atomic E-state index is 14.3. The number of aromatic nitrogens is 5. The molecule has 1 aromatic carbocycles. The Kier molecular flexibility index (Phi) is 7.21. The number of rotatable bonds is 8. The molecule has 3 aromatic heterocycles. The first-order chi connectivity index (χ1) is 20.0. The SMILES string of the molecule is Cc1cnc(-c2ccc(Nc3cc(NC(=O)C4CC4)nc4c3nc(C(F)F)n4C3CCCCO3)c(S(C)(=O)=O)c2)n1C. The Morgan fingerprint density at radius 2 is 1.90 bits per heavy atom. The molecule has 1 aliphatic carbocycles. The summed E-state index contributed by atoms with van der Waals surface area (Å²) < 4.78 is 63.5. The number of aryl methyl sites for hydroxylation is 1. The zero-order valence-electron chi connectivity index (χ0n) is 23.4. The van der Waals surface area contributed by atoms with Crippen LogP contribution in [-0.2, 0) is 26.4 Å². The van der Waals surface area contributed by atoms with E-state index < -0.39 is 28.3 Å². The van der Waals surface area contributed by atoms with Crippen LogP contribution in [0.2, 0.25) is 0 Å². The number of sulfone groups is 1. The highest BCUT2D eigenvalue weighted by Gasteiger charge is 2.32. The number of ether oxygens (including phenoxy) is 1. The maximum atomic E-state index is 14.3. The number of fused-ring (bicyclic) bond motifs is 1. The fourth-order valence-corrected chi connectivity index (χ4v) is 6.02. The lowest BCUT2D eigenvalue weighted by molar-refractivity contribution is -0.117. The van der Waals surface area contributed by atoms with E-state index in [4.69, 9.17) is 4.74 Å². The van der Waals surface area contributed by atoms with E-state index in [-0.39, 0.29) is 45.1 Å². The highest BCUT2D eigenvalue weighted by Crippen LogP contribution is 2.38. The van der Waals surface area contributed by atoms with Crippen LogP contribution in [-0.4, -0.2) is 51.3 Å². The molecular formula is C28H31F2N7O4S. The molecule has 0 radical (unpaired) electrons. The van der Waals surface area contributed by atoms with Crippen molar-refractivity contribution in [1.82, 2.24) is 24.1 Å². The van der Waals surface area contributed by atoms with Crippen molar-refractivity contribution in [2.24, 2.45) is 13.0 Å². The number of alkyl halides is 2. The average Bonchev–Trinajstić information content (AvgIpc) is 3.66. The molecule has 4 heterocycles. The second-order valence-corrected chi connectivity index (χ2v) is 12.8. The van der Waals surface area contributed by atoms with Gasteiger partial charge >= 0.3 is 0 Å². The molecule has 1 amide bonds. The molecule has 1 unspecified atom stereocenters. The van der Waals surface area contributed by atoms with E-state index in [9.17, 15) is 22.0 Å². The standard InChI is InChI=1S/C28H31F2N7O4S/c1-15-14-31-25(36(15)2)17-9-10-18(20(12-17)42(3,39)40)32-19-13-21(34-28(38)16-7-8-16)33-26-23(19)35-27(24(29)30)37(26)22-6-4-5-11-41-22/h9-10,12-14,16,22,24H,4-8,11H2,1-3H3,(H2,32,33,34,38). The van der Waals surface area contributed by atoms with Gasteiger partial charge in [0.15, 0.2) is 21.3 Å². The maximum Gasteiger partial charge on any atom is 0.295 e. The summed E-state index contributed by atoms with van der Waals surface area (Å²) in [4.78, 5) is 25.8. The first-order valence-electron chi connectivity index (χ1n) is 13.7. The lowest BCUT2D eigenvalue weighted by Gasteiger charge is -2.25. The van der Waals surface area contributed by atoms with E-state index in [0.29, 0.717) is 24.4 Å². The Morgan fingerprint density at radius 3 is 2.52 bits per heavy atom. The van der Waals surface area contributed by atoms with Crippen molar-refractivity contribution in [2.45, 2.75) is 56.6 Å². The number of nitrogens with one attached hydrogen (secondary N) is 2. The summed E-state index contributed by atoms with van der Waals surface area (Å²) >= 11 is 0. The minimum atomic E-state index is -3.76. The molecule has 2 N–H and O–H groups in total. The zero-order valence-corrected chi connectivity index (χ0v) is 24.2. The molecule has 14 heteroatoms. The third-order valence-electron chi connectivity index (χ3n) is 7.64. The van der Waals surface area contributed by atoms with E-state index in [1.165, 1.54) is 16.7 Å². The second kappa shape index (κ2) is 10.7. The Bertz CT molecular complexity index is 1790. The monoisotopic (exact) mass is 599 g/mol. The molecule has 0 bridgehead atoms. The van der Waals surface area contributed by atoms with Gasteiger partial charge in [-0.05, 0) is 57.2 Å². The summed E-state index contributed by atoms with van der Waals surface area (Å²) in [5.74, 6) is -0.120. The van der Waals surface area contributed by atoms with Gasteiger partial charge in [0.25, 0.3) is 6.43 Å². The second-order valence-electron chi connectivity index (χ2n) is 10.8. The Hall–Kier alpha value is -3.91. The van der Waals surface area contributed by atoms with E-state index >= 15 is 0 Å². The number of hydrogen-bond acceptors (Lipinski definition) is 8. The van der Waals surface area contributed by atoms with Gasteiger partial charge in [-0.2, -0.15) is 0 Å². The van der Waals surface area contributed by atoms with E-state index in [1.807, 2.05) is 18.5 Å². The fourth-order valence-electron chi connectivity index (χ4n) is 5.16. The van der Waals surface area contributed by atoms with Crippen molar-refractivity contribution in [1.29, 1.82) is 0 Å². The van der Waals surface area contributed by atoms with Crippen molar-refractivity contribution in [3.8, 4) is 11.4 Å². The minimum absolute atomic E-state index is 0.0155. The van der Waals surface area contributed by atoms with Gasteiger partial charge in [-0.15, -0.1) is 0 Å². The third-order valence-corrected chi connectivity index (χ3v) is 8.78. The molecule has 11 nitrogen and oxygen atoms in total. The Morgan fingerprint density at radius 1 is 1.12 bits per heavy atom. The molecule has 6 rings (SSSR count). The van der Waals surface area contributed by atoms with Gasteiger partial charge in [-0.1, -0.05) is 0 Å². The molecule has 42 heavy (non-hydrogen) atoms. The fraction of sp³-hybridized carbons (Fsp3) is 0.429. The predicted octanol–water partition coefficient (Wildman–Crippen LogP) is 5.27. The van der Waals surface area contributed by atoms with Crippen molar-refractivity contribution >= 4 is 44.1 Å². The molecule has 1 saturated carbocycles. The number of carbonyl (C=O) groups excluding carboxylic acids is 1. The summed E-state index contributed by atoms with van der Waals surface area (Å²) in [6, 6.07) is 6.33. The van der Waals surface area contributed by atoms with Crippen molar-refractivity contribution in [3.63, 3.8) is 0 Å². The molecule has 2 aliphatic rings. The van der Waals surface area contributed by atoms with Crippen molar-refractivity contribution in [3.05, 3.63) is 42.0 Å². The van der Waals surface area contributed by atoms with Crippen LogP contribution >= 0.6 is 0 Å². The lowest BCUT2D eigenvalue weighted by Crippen LogP contribution is -2.21. The quantitative estimate of drug-likeness (QED) is 0.280. The lowest BCUT2D eigenvalue weighted by atomic mass is 10.1. The third kappa shape index (κ3) is 5.36. The molecule has 0 spiro atoms. The van der Waals surface area contributed by atoms with Crippen molar-refractivity contribution < 1.29 is 26.7 Å². The van der Waals surface area contributed by atoms with Crippen LogP contribution in [0.15, 0.2) is 35.4 Å². The van der Waals surface area contributed by atoms with Gasteiger partial charge in [0.2, 0.25) is 5.91 Å². The topological polar surface area (TPSA) is 133 Å². The van der Waals surface area contributed by atoms with Crippen molar-refractivity contribution in [2.75, 3.05) is 23.5 Å². The van der Waals surface area contributed by atoms with Gasteiger partial charge in [0.1, 0.15) is 23.4 Å². The van der Waals surface area contributed by atoms with Crippen LogP contribution < -0.4 is 10.6 Å². The molecule has 1 aliphatic heterocycles. The van der Waals surface area contributed by atoms with Crippen LogP contribution in [0.1, 0.15) is 56.3 Å². The summed E-state index contributed by atoms with van der Waals surface area (Å²) in [6.45, 7) is 2.30. The number of nitrogens with zero attached hydrogens (tertiary/aromatic N) is 5. The Balaban J connectivity index is 1.50. The van der Waals surface area contributed by atoms with Gasteiger partial charge in [-0.25, -0.2) is 32.2 Å². The van der Waals surface area contributed by atoms with Gasteiger partial charge in [0, 0.05) is 49.3 Å². The number of amides is 1. The van der Waals surface area contributed by atoms with Gasteiger partial charge in [-0.3, -0.25) is 9.36 Å². The molecule has 222 valence electrons. The predicted molar refractivity (Wildman–Crippen MR) is 152 cm³/mol. The Labute approximate surface area is 241 Å². The number of halogens is 2. The molecule has 1 atom stereocenters. The van der Waals surface area contributed by atoms with E-state index in [0.717, 1.165) is 37.6 Å². The van der Waals surface area contributed by atoms with Crippen LogP contribution in [0.25, 0.3) is 22.6 Å². The van der Waals surface area contributed by atoms with Crippen LogP contribution in [0, 0.1) is 12.8 Å². The number of imidazole rings is 2. The molecule has 4 aromatic rings. The van der Waals surface area contributed by atoms with Crippen LogP contribution in [0.3, 0.4) is 0 Å². The number of pyridine rings is 1. The van der Waals surface area contributed by atoms with Gasteiger partial charge < -0.3 is 19.9 Å². The number of hydrogen-bond donors (Lipinski definition) is 2. The smallest absolute Gasteiger partial charge is 0.295 e. The average molecular weight is 600 g/mol. The summed E-state index contributed by atoms with van der Waals surface area (Å²) in [5.41, 5.74) is 2.13. The first-order valence-corrected chi connectivity index (χ1v) is 15.6. The zero-order chi connectivity index (χ0) is 29.8. The van der Waals surface area contributed by atoms with E-state index in [2.05, 4.69) is 25.6 Å². The first kappa shape index (κ1) is 28.2. The number of benzene rings is 1. The summed E-state index contributed by atoms with van der Waals surface area (Å²) in [5, 5.41) is 5.89. The minimum Gasteiger partial charge on any atom is -0.358 e. The normalized spacial score (nSPS) is 17.6. The number of anilines is 3. The molecule has 2 fully saturated rings. The molecular weight excluding hydrogens is 568 g/mol. The van der Waals surface area contributed by atoms with E-state index in [1.54, 1.807) is 18.3 Å². The van der Waals surface area contributed by atoms with Crippen LogP contribution in [0.4, 0.5) is 26.0 Å². The molecule has 1 saturated heterocycles. The summed E-state index contributed by atoms with van der Waals surface area (Å²) in [6.07, 6.45) is 2.80. The van der Waals surface area contributed by atoms with Gasteiger partial charge in [0.05, 0.1) is 16.3 Å². The number of carbonyl (C=O) groups is 1. The summed E-state index contributed by atoms with van der Waals surface area (Å²) in [7, 11) is -1.92. The highest BCUT2D eigenvalue weighted by molar-refractivity contribution is 7.90. The van der Waals surface area contributed by atoms with Crippen LogP contribution in [0.5, 0.6) is 0 Å². The largest absolute Gasteiger partial charge is 0.358 e.